The molecule has 92 valence electrons. The predicted molar refractivity (Wildman–Crippen MR) is 75.7 cm³/mol. The van der Waals surface area contributed by atoms with Gasteiger partial charge < -0.3 is 5.32 Å². The number of anilines is 1. The van der Waals surface area contributed by atoms with Crippen molar-refractivity contribution in [3.63, 3.8) is 0 Å². The molecule has 18 heavy (non-hydrogen) atoms. The molecular formula is C14H14ClN3. The van der Waals surface area contributed by atoms with Crippen molar-refractivity contribution in [3.8, 4) is 12.3 Å². The van der Waals surface area contributed by atoms with Crippen molar-refractivity contribution in [1.82, 2.24) is 9.97 Å². The summed E-state index contributed by atoms with van der Waals surface area (Å²) in [7, 11) is 0. The van der Waals surface area contributed by atoms with E-state index in [0.29, 0.717) is 0 Å². The van der Waals surface area contributed by atoms with Crippen LogP contribution in [0.5, 0.6) is 0 Å². The molecule has 1 aromatic heterocycles. The zero-order valence-corrected chi connectivity index (χ0v) is 10.7. The Bertz CT molecular complexity index is 575. The summed E-state index contributed by atoms with van der Waals surface area (Å²) >= 11 is 5.90. The summed E-state index contributed by atoms with van der Waals surface area (Å²) in [4.78, 5) is 8.40. The lowest BCUT2D eigenvalue weighted by Gasteiger charge is -2.08. The molecule has 1 heterocycles. The second kappa shape index (κ2) is 6.23. The van der Waals surface area contributed by atoms with Crippen molar-refractivity contribution >= 4 is 28.3 Å². The van der Waals surface area contributed by atoms with Crippen LogP contribution in [0.1, 0.15) is 19.3 Å². The summed E-state index contributed by atoms with van der Waals surface area (Å²) in [6, 6.07) is 7.80. The van der Waals surface area contributed by atoms with E-state index in [1.807, 2.05) is 24.3 Å². The van der Waals surface area contributed by atoms with E-state index in [2.05, 4.69) is 21.2 Å². The number of rotatable bonds is 5. The van der Waals surface area contributed by atoms with E-state index in [1.165, 1.54) is 0 Å². The molecule has 0 saturated carbocycles. The van der Waals surface area contributed by atoms with E-state index in [0.717, 1.165) is 42.5 Å². The first-order valence-electron chi connectivity index (χ1n) is 5.91. The molecule has 0 atom stereocenters. The predicted octanol–water partition coefficient (Wildman–Crippen LogP) is 3.50. The third-order valence-electron chi connectivity index (χ3n) is 2.62. The number of benzene rings is 1. The van der Waals surface area contributed by atoms with E-state index in [1.54, 1.807) is 0 Å². The minimum Gasteiger partial charge on any atom is -0.369 e. The number of nitrogens with zero attached hydrogens (tertiary/aromatic N) is 2. The first kappa shape index (κ1) is 12.7. The highest BCUT2D eigenvalue weighted by Gasteiger charge is 2.04. The van der Waals surface area contributed by atoms with Gasteiger partial charge in [0.1, 0.15) is 5.82 Å². The Kier molecular flexibility index (Phi) is 4.38. The molecule has 0 radical (unpaired) electrons. The number of halogens is 1. The van der Waals surface area contributed by atoms with Crippen LogP contribution in [0.4, 0.5) is 5.82 Å². The van der Waals surface area contributed by atoms with Crippen molar-refractivity contribution in [2.45, 2.75) is 19.3 Å². The smallest absolute Gasteiger partial charge is 0.224 e. The van der Waals surface area contributed by atoms with Crippen LogP contribution in [-0.4, -0.2) is 16.5 Å². The van der Waals surface area contributed by atoms with E-state index in [4.69, 9.17) is 18.0 Å². The fourth-order valence-electron chi connectivity index (χ4n) is 1.74. The second-order valence-electron chi connectivity index (χ2n) is 3.95. The molecule has 2 aromatic rings. The lowest BCUT2D eigenvalue weighted by Crippen LogP contribution is -2.04. The highest BCUT2D eigenvalue weighted by molar-refractivity contribution is 6.28. The lowest BCUT2D eigenvalue weighted by atomic mass is 10.2. The third kappa shape index (κ3) is 3.12. The van der Waals surface area contributed by atoms with E-state index < -0.39 is 0 Å². The monoisotopic (exact) mass is 259 g/mol. The first-order valence-corrected chi connectivity index (χ1v) is 6.28. The molecule has 2 rings (SSSR count). The normalized spacial score (nSPS) is 10.2. The Labute approximate surface area is 112 Å². The number of terminal acetylenes is 1. The average molecular weight is 260 g/mol. The first-order chi connectivity index (χ1) is 8.81. The summed E-state index contributed by atoms with van der Waals surface area (Å²) in [6.45, 7) is 0.832. The van der Waals surface area contributed by atoms with Gasteiger partial charge >= 0.3 is 0 Å². The number of fused-ring (bicyclic) bond motifs is 1. The molecule has 4 heteroatoms. The van der Waals surface area contributed by atoms with Crippen LogP contribution in [0.25, 0.3) is 10.9 Å². The van der Waals surface area contributed by atoms with Crippen molar-refractivity contribution in [2.75, 3.05) is 11.9 Å². The van der Waals surface area contributed by atoms with Gasteiger partial charge in [-0.05, 0) is 36.6 Å². The molecular weight excluding hydrogens is 246 g/mol. The standard InChI is InChI=1S/C14H14ClN3/c1-2-3-4-7-10-16-13-11-8-5-6-9-12(11)17-14(15)18-13/h1,5-6,8-9H,3-4,7,10H2,(H,16,17,18). The van der Waals surface area contributed by atoms with Crippen LogP contribution in [0.3, 0.4) is 0 Å². The summed E-state index contributed by atoms with van der Waals surface area (Å²) in [5.41, 5.74) is 0.851. The third-order valence-corrected chi connectivity index (χ3v) is 2.79. The van der Waals surface area contributed by atoms with Gasteiger partial charge in [-0.15, -0.1) is 12.3 Å². The maximum atomic E-state index is 5.90. The number of aromatic nitrogens is 2. The Morgan fingerprint density at radius 3 is 2.89 bits per heavy atom. The van der Waals surface area contributed by atoms with Gasteiger partial charge in [0.2, 0.25) is 5.28 Å². The topological polar surface area (TPSA) is 37.8 Å². The highest BCUT2D eigenvalue weighted by atomic mass is 35.5. The molecule has 0 aliphatic rings. The Morgan fingerprint density at radius 1 is 1.22 bits per heavy atom. The maximum absolute atomic E-state index is 5.90. The Balaban J connectivity index is 2.10. The van der Waals surface area contributed by atoms with Crippen molar-refractivity contribution in [2.24, 2.45) is 0 Å². The van der Waals surface area contributed by atoms with Crippen LogP contribution in [0.2, 0.25) is 5.28 Å². The number of hydrogen-bond donors (Lipinski definition) is 1. The largest absolute Gasteiger partial charge is 0.369 e. The number of nitrogens with one attached hydrogen (secondary N) is 1. The van der Waals surface area contributed by atoms with E-state index in [-0.39, 0.29) is 5.28 Å². The Hall–Kier alpha value is -1.79. The summed E-state index contributed by atoms with van der Waals surface area (Å²) in [5.74, 6) is 3.41. The molecule has 0 fully saturated rings. The second-order valence-corrected chi connectivity index (χ2v) is 4.28. The number of hydrogen-bond acceptors (Lipinski definition) is 3. The molecule has 1 N–H and O–H groups in total. The van der Waals surface area contributed by atoms with Gasteiger partial charge in [-0.3, -0.25) is 0 Å². The summed E-state index contributed by atoms with van der Waals surface area (Å²) in [6.07, 6.45) is 8.05. The van der Waals surface area contributed by atoms with E-state index >= 15 is 0 Å². The number of para-hydroxylation sites is 1. The SMILES string of the molecule is C#CCCCCNc1nc(Cl)nc2ccccc12. The van der Waals surface area contributed by atoms with Crippen molar-refractivity contribution < 1.29 is 0 Å². The zero-order valence-electron chi connectivity index (χ0n) is 9.99. The van der Waals surface area contributed by atoms with Gasteiger partial charge in [0.05, 0.1) is 5.52 Å². The maximum Gasteiger partial charge on any atom is 0.224 e. The summed E-state index contributed by atoms with van der Waals surface area (Å²) < 4.78 is 0. The van der Waals surface area contributed by atoms with Gasteiger partial charge in [0.25, 0.3) is 0 Å². The van der Waals surface area contributed by atoms with E-state index in [9.17, 15) is 0 Å². The van der Waals surface area contributed by atoms with Gasteiger partial charge in [0.15, 0.2) is 0 Å². The minimum atomic E-state index is 0.264. The molecule has 0 unspecified atom stereocenters. The molecule has 0 aliphatic heterocycles. The van der Waals surface area contributed by atoms with Gasteiger partial charge in [0, 0.05) is 18.4 Å². The molecule has 0 saturated heterocycles. The fraction of sp³-hybridized carbons (Fsp3) is 0.286. The van der Waals surface area contributed by atoms with Gasteiger partial charge in [-0.25, -0.2) is 9.97 Å². The molecule has 0 aliphatic carbocycles. The van der Waals surface area contributed by atoms with Crippen LogP contribution in [0, 0.1) is 12.3 Å². The molecule has 0 spiro atoms. The highest BCUT2D eigenvalue weighted by Crippen LogP contribution is 2.21. The molecule has 0 bridgehead atoms. The number of unbranched alkanes of at least 4 members (excludes halogenated alkanes) is 2. The van der Waals surface area contributed by atoms with Crippen LogP contribution < -0.4 is 5.32 Å². The Morgan fingerprint density at radius 2 is 2.06 bits per heavy atom. The molecule has 1 aromatic carbocycles. The zero-order chi connectivity index (χ0) is 12.8. The van der Waals surface area contributed by atoms with Crippen LogP contribution in [0.15, 0.2) is 24.3 Å². The lowest BCUT2D eigenvalue weighted by molar-refractivity contribution is 0.788. The minimum absolute atomic E-state index is 0.264. The van der Waals surface area contributed by atoms with Crippen LogP contribution in [-0.2, 0) is 0 Å². The fourth-order valence-corrected chi connectivity index (χ4v) is 1.92. The van der Waals surface area contributed by atoms with Gasteiger partial charge in [-0.2, -0.15) is 0 Å². The van der Waals surface area contributed by atoms with Crippen molar-refractivity contribution in [3.05, 3.63) is 29.5 Å². The summed E-state index contributed by atoms with van der Waals surface area (Å²) in [5, 5.41) is 4.53. The molecule has 0 amide bonds. The van der Waals surface area contributed by atoms with Crippen molar-refractivity contribution in [1.29, 1.82) is 0 Å². The van der Waals surface area contributed by atoms with Crippen LogP contribution >= 0.6 is 11.6 Å². The van der Waals surface area contributed by atoms with Gasteiger partial charge in [-0.1, -0.05) is 12.1 Å². The average Bonchev–Trinajstić information content (AvgIpc) is 2.38. The quantitative estimate of drug-likeness (QED) is 0.507. The molecule has 3 nitrogen and oxygen atoms in total.